The summed E-state index contributed by atoms with van der Waals surface area (Å²) >= 11 is 0. The predicted molar refractivity (Wildman–Crippen MR) is 220 cm³/mol. The monoisotopic (exact) mass is 839 g/mol. The topological polar surface area (TPSA) is 136 Å². The number of rotatable bonds is 9. The maximum absolute atomic E-state index is 16.2. The molecule has 4 heterocycles. The van der Waals surface area contributed by atoms with Crippen LogP contribution in [-0.4, -0.2) is 73.9 Å². The normalized spacial score (nSPS) is 21.2. The molecule has 1 saturated carbocycles. The van der Waals surface area contributed by atoms with E-state index in [9.17, 15) is 14.4 Å². The molecule has 2 aliphatic carbocycles. The molecule has 5 aromatic rings. The van der Waals surface area contributed by atoms with Crippen molar-refractivity contribution in [1.29, 1.82) is 0 Å². The number of methoxy groups -OCH3 is 1. The highest BCUT2D eigenvalue weighted by Gasteiger charge is 2.63. The van der Waals surface area contributed by atoms with Crippen LogP contribution in [0.3, 0.4) is 0 Å². The molecule has 3 atom stereocenters. The van der Waals surface area contributed by atoms with Gasteiger partial charge in [-0.25, -0.2) is 14.8 Å². The second-order valence-corrected chi connectivity index (χ2v) is 18.1. The van der Waals surface area contributed by atoms with E-state index >= 15 is 17.6 Å². The molecule has 3 aromatic carbocycles. The molecule has 9 rings (SSSR count). The highest BCUT2D eigenvalue weighted by Crippen LogP contribution is 2.60. The first kappa shape index (κ1) is 40.7. The van der Waals surface area contributed by atoms with Crippen LogP contribution in [0.2, 0.25) is 0 Å². The van der Waals surface area contributed by atoms with Gasteiger partial charge in [-0.1, -0.05) is 58.0 Å². The number of fused-ring (bicyclic) bond motifs is 4. The Morgan fingerprint density at radius 1 is 0.852 bits per heavy atom. The molecule has 61 heavy (non-hydrogen) atoms. The Labute approximate surface area is 350 Å². The van der Waals surface area contributed by atoms with Crippen LogP contribution in [0, 0.1) is 17.3 Å². The second kappa shape index (κ2) is 14.7. The van der Waals surface area contributed by atoms with Gasteiger partial charge in [0, 0.05) is 36.2 Å². The van der Waals surface area contributed by atoms with E-state index in [0.29, 0.717) is 71.0 Å². The van der Waals surface area contributed by atoms with Crippen molar-refractivity contribution in [3.63, 3.8) is 0 Å². The molecule has 2 saturated heterocycles. The number of imidazole rings is 2. The number of aromatic nitrogens is 4. The van der Waals surface area contributed by atoms with E-state index in [-0.39, 0.29) is 52.3 Å². The molecule has 1 spiro atoms. The van der Waals surface area contributed by atoms with Gasteiger partial charge in [-0.05, 0) is 95.9 Å². The Morgan fingerprint density at radius 3 is 2.16 bits per heavy atom. The van der Waals surface area contributed by atoms with Crippen LogP contribution in [0.4, 0.5) is 22.4 Å². The van der Waals surface area contributed by atoms with Crippen LogP contribution in [0.1, 0.15) is 101 Å². The van der Waals surface area contributed by atoms with E-state index in [0.717, 1.165) is 37.8 Å². The fourth-order valence-corrected chi connectivity index (χ4v) is 9.54. The molecule has 2 aliphatic heterocycles. The van der Waals surface area contributed by atoms with Gasteiger partial charge in [-0.2, -0.15) is 17.6 Å². The molecule has 0 radical (unpaired) electrons. The van der Waals surface area contributed by atoms with Crippen LogP contribution in [0.5, 0.6) is 0 Å². The first-order valence-electron chi connectivity index (χ1n) is 21.0. The molecule has 11 nitrogen and oxygen atoms in total. The van der Waals surface area contributed by atoms with E-state index in [2.05, 4.69) is 20.3 Å². The number of likely N-dealkylation sites (tertiary alicyclic amines) is 2. The van der Waals surface area contributed by atoms with Crippen LogP contribution < -0.4 is 5.32 Å². The van der Waals surface area contributed by atoms with E-state index in [1.165, 1.54) is 25.4 Å². The Kier molecular flexibility index (Phi) is 9.82. The number of nitrogens with zero attached hydrogens (tertiary/aromatic N) is 4. The van der Waals surface area contributed by atoms with Gasteiger partial charge < -0.3 is 29.8 Å². The van der Waals surface area contributed by atoms with Crippen LogP contribution in [-0.2, 0) is 26.2 Å². The predicted octanol–water partition coefficient (Wildman–Crippen LogP) is 9.63. The number of aromatic amines is 2. The molecule has 3 amide bonds. The van der Waals surface area contributed by atoms with Crippen molar-refractivity contribution >= 4 is 28.9 Å². The smallest absolute Gasteiger partial charge is 0.407 e. The summed E-state index contributed by atoms with van der Waals surface area (Å²) in [5, 5.41) is 2.64. The summed E-state index contributed by atoms with van der Waals surface area (Å²) in [5.41, 5.74) is 1.30. The van der Waals surface area contributed by atoms with Gasteiger partial charge in [0.15, 0.2) is 0 Å². The van der Waals surface area contributed by atoms with Crippen molar-refractivity contribution in [2.24, 2.45) is 17.3 Å². The molecule has 0 bridgehead atoms. The largest absolute Gasteiger partial charge is 0.453 e. The minimum absolute atomic E-state index is 0.0173. The summed E-state index contributed by atoms with van der Waals surface area (Å²) in [6.07, 6.45) is 5.47. The van der Waals surface area contributed by atoms with Gasteiger partial charge in [0.25, 0.3) is 0 Å². The first-order valence-corrected chi connectivity index (χ1v) is 21.0. The van der Waals surface area contributed by atoms with Crippen LogP contribution >= 0.6 is 0 Å². The summed E-state index contributed by atoms with van der Waals surface area (Å²) in [5.74, 6) is -8.17. The molecule has 320 valence electrons. The zero-order valence-corrected chi connectivity index (χ0v) is 34.8. The summed E-state index contributed by atoms with van der Waals surface area (Å²) in [6.45, 7) is 8.81. The number of alkyl halides is 4. The Hall–Kier alpha value is -5.73. The number of alkyl carbamates (subject to hydrolysis) is 1. The minimum Gasteiger partial charge on any atom is -0.453 e. The van der Waals surface area contributed by atoms with Gasteiger partial charge in [-0.3, -0.25) is 9.59 Å². The number of carbonyl (C=O) groups excluding carboxylic acids is 3. The molecule has 3 fully saturated rings. The molecule has 4 aliphatic rings. The van der Waals surface area contributed by atoms with Crippen molar-refractivity contribution in [2.45, 2.75) is 96.2 Å². The number of benzene rings is 3. The Bertz CT molecular complexity index is 2560. The third-order valence-corrected chi connectivity index (χ3v) is 13.1. The van der Waals surface area contributed by atoms with E-state index in [1.54, 1.807) is 35.2 Å². The Balaban J connectivity index is 0.990. The van der Waals surface area contributed by atoms with Crippen LogP contribution in [0.15, 0.2) is 60.8 Å². The fourth-order valence-electron chi connectivity index (χ4n) is 9.54. The molecular formula is C46H49F4N7O4. The Morgan fingerprint density at radius 2 is 1.51 bits per heavy atom. The quantitative estimate of drug-likeness (QED) is 0.127. The average molecular weight is 840 g/mol. The summed E-state index contributed by atoms with van der Waals surface area (Å²) in [7, 11) is 1.24. The van der Waals surface area contributed by atoms with Crippen molar-refractivity contribution < 1.29 is 36.7 Å². The SMILES string of the molecule is COC(=O)N[C@H](C(=O)N1CCC[C@H]1c1nc2ccc(-c3ccc4c(c3)C(F)(F)C(F)(F)c3cc(-c5cnc([C@@H]6CC7(CC7)CN6C(=O)CC(C)C)[nH]5)ccc3-4)cc2[nH]1)C(C)C. The van der Waals surface area contributed by atoms with Crippen molar-refractivity contribution in [3.8, 4) is 33.5 Å². The average Bonchev–Trinajstić information content (AvgIpc) is 3.72. The summed E-state index contributed by atoms with van der Waals surface area (Å²) in [6, 6.07) is 12.2. The highest BCUT2D eigenvalue weighted by atomic mass is 19.3. The fraction of sp³-hybridized carbons (Fsp3) is 0.457. The number of ether oxygens (including phenoxy) is 1. The lowest BCUT2D eigenvalue weighted by atomic mass is 9.78. The van der Waals surface area contributed by atoms with Crippen molar-refractivity contribution in [1.82, 2.24) is 35.1 Å². The number of nitrogens with one attached hydrogen (secondary N) is 3. The number of H-pyrrole nitrogens is 2. The number of hydrogen-bond acceptors (Lipinski definition) is 6. The van der Waals surface area contributed by atoms with Gasteiger partial charge >= 0.3 is 17.9 Å². The lowest BCUT2D eigenvalue weighted by molar-refractivity contribution is -0.225. The number of hydrogen-bond donors (Lipinski definition) is 3. The van der Waals surface area contributed by atoms with Gasteiger partial charge in [0.05, 0.1) is 42.1 Å². The van der Waals surface area contributed by atoms with Crippen molar-refractivity contribution in [2.75, 3.05) is 20.2 Å². The maximum Gasteiger partial charge on any atom is 0.407 e. The number of amides is 3. The van der Waals surface area contributed by atoms with E-state index in [4.69, 9.17) is 9.72 Å². The molecule has 0 unspecified atom stereocenters. The number of carbonyl (C=O) groups is 3. The van der Waals surface area contributed by atoms with E-state index in [1.807, 2.05) is 32.6 Å². The zero-order valence-electron chi connectivity index (χ0n) is 34.8. The lowest BCUT2D eigenvalue weighted by Crippen LogP contribution is -2.51. The molecular weight excluding hydrogens is 791 g/mol. The third kappa shape index (κ3) is 6.93. The number of halogens is 4. The molecule has 2 aromatic heterocycles. The lowest BCUT2D eigenvalue weighted by Gasteiger charge is -2.35. The van der Waals surface area contributed by atoms with Crippen LogP contribution in [0.25, 0.3) is 44.5 Å². The van der Waals surface area contributed by atoms with Gasteiger partial charge in [0.1, 0.15) is 17.7 Å². The maximum atomic E-state index is 16.2. The summed E-state index contributed by atoms with van der Waals surface area (Å²) in [4.78, 5) is 58.4. The standard InChI is InChI=1S/C46H49F4N7O4/c1-24(2)17-38(58)57-23-44(14-15-44)21-37(57)40-51-22-35(54-40)28-9-12-30-29-11-8-26(18-31(29)45(47,48)46(49,50)32(30)19-28)27-10-13-33-34(20-27)53-41(52-33)36-7-6-16-56(36)42(59)39(25(3)4)55-43(60)61-5/h8-13,18-20,22,24-25,36-37,39H,6-7,14-17,21,23H2,1-5H3,(H,51,54)(H,52,53)(H,55,60)/t36-,37-,39-/m0/s1. The van der Waals surface area contributed by atoms with Gasteiger partial charge in [0.2, 0.25) is 11.8 Å². The third-order valence-electron chi connectivity index (χ3n) is 13.1. The summed E-state index contributed by atoms with van der Waals surface area (Å²) < 4.78 is 69.6. The van der Waals surface area contributed by atoms with E-state index < -0.39 is 35.1 Å². The zero-order chi connectivity index (χ0) is 43.2. The van der Waals surface area contributed by atoms with Gasteiger partial charge in [-0.15, -0.1) is 0 Å². The molecule has 3 N–H and O–H groups in total. The van der Waals surface area contributed by atoms with Crippen molar-refractivity contribution in [3.05, 3.63) is 83.6 Å². The minimum atomic E-state index is -4.54. The highest BCUT2D eigenvalue weighted by molar-refractivity contribution is 5.88. The second-order valence-electron chi connectivity index (χ2n) is 18.1. The first-order chi connectivity index (χ1) is 29.0. The molecule has 15 heteroatoms.